The molecule has 1 aliphatic heterocycles. The molecular weight excluding hydrogens is 264 g/mol. The van der Waals surface area contributed by atoms with Crippen molar-refractivity contribution in [3.05, 3.63) is 17.9 Å². The first-order valence-corrected chi connectivity index (χ1v) is 8.03. The standard InChI is InChI=1S/C13H22N2O3S/c1-13(2)7-4-8-15(10-13)19(16,17)12-6-5-11(18-12)9-14-3/h5-6,14H,4,7-10H2,1-3H3. The van der Waals surface area contributed by atoms with Crippen LogP contribution in [-0.2, 0) is 16.6 Å². The third kappa shape index (κ3) is 3.19. The third-order valence-corrected chi connectivity index (χ3v) is 5.17. The number of nitrogens with zero attached hydrogens (tertiary/aromatic N) is 1. The molecule has 2 heterocycles. The quantitative estimate of drug-likeness (QED) is 0.917. The fourth-order valence-corrected chi connectivity index (χ4v) is 4.06. The fourth-order valence-electron chi connectivity index (χ4n) is 2.47. The van der Waals surface area contributed by atoms with E-state index in [-0.39, 0.29) is 10.5 Å². The largest absolute Gasteiger partial charge is 0.447 e. The van der Waals surface area contributed by atoms with Gasteiger partial charge >= 0.3 is 0 Å². The highest BCUT2D eigenvalue weighted by Crippen LogP contribution is 2.32. The minimum Gasteiger partial charge on any atom is -0.447 e. The van der Waals surface area contributed by atoms with Gasteiger partial charge in [-0.25, -0.2) is 8.42 Å². The summed E-state index contributed by atoms with van der Waals surface area (Å²) in [5.41, 5.74) is 0.0334. The Morgan fingerprint density at radius 2 is 2.16 bits per heavy atom. The van der Waals surface area contributed by atoms with E-state index in [9.17, 15) is 8.42 Å². The highest BCUT2D eigenvalue weighted by Gasteiger charge is 2.35. The number of piperidine rings is 1. The van der Waals surface area contributed by atoms with E-state index < -0.39 is 10.0 Å². The van der Waals surface area contributed by atoms with Gasteiger partial charge < -0.3 is 9.73 Å². The van der Waals surface area contributed by atoms with E-state index in [1.165, 1.54) is 0 Å². The Balaban J connectivity index is 2.21. The molecule has 0 bridgehead atoms. The lowest BCUT2D eigenvalue weighted by Gasteiger charge is -2.36. The van der Waals surface area contributed by atoms with Crippen molar-refractivity contribution in [1.82, 2.24) is 9.62 Å². The Morgan fingerprint density at radius 1 is 1.42 bits per heavy atom. The molecule has 0 atom stereocenters. The average molecular weight is 286 g/mol. The number of hydrogen-bond donors (Lipinski definition) is 1. The molecule has 2 rings (SSSR count). The second kappa shape index (κ2) is 5.26. The number of rotatable bonds is 4. The summed E-state index contributed by atoms with van der Waals surface area (Å²) < 4.78 is 32.0. The molecule has 0 spiro atoms. The van der Waals surface area contributed by atoms with Crippen LogP contribution in [0.5, 0.6) is 0 Å². The topological polar surface area (TPSA) is 62.6 Å². The van der Waals surface area contributed by atoms with E-state index in [1.807, 2.05) is 0 Å². The molecule has 1 aliphatic rings. The van der Waals surface area contributed by atoms with Crippen molar-refractivity contribution >= 4 is 10.0 Å². The summed E-state index contributed by atoms with van der Waals surface area (Å²) >= 11 is 0. The first-order chi connectivity index (χ1) is 8.85. The van der Waals surface area contributed by atoms with Crippen LogP contribution < -0.4 is 5.32 Å². The number of sulfonamides is 1. The minimum absolute atomic E-state index is 0.0334. The molecule has 0 amide bonds. The molecule has 0 radical (unpaired) electrons. The van der Waals surface area contributed by atoms with E-state index in [0.717, 1.165) is 12.8 Å². The maximum Gasteiger partial charge on any atom is 0.276 e. The SMILES string of the molecule is CNCc1ccc(S(=O)(=O)N2CCCC(C)(C)C2)o1. The highest BCUT2D eigenvalue weighted by molar-refractivity contribution is 7.89. The molecule has 1 aromatic rings. The zero-order valence-electron chi connectivity index (χ0n) is 11.8. The maximum atomic E-state index is 12.5. The molecule has 108 valence electrons. The van der Waals surface area contributed by atoms with Crippen molar-refractivity contribution < 1.29 is 12.8 Å². The Labute approximate surface area is 115 Å². The highest BCUT2D eigenvalue weighted by atomic mass is 32.2. The zero-order chi connectivity index (χ0) is 14.1. The van der Waals surface area contributed by atoms with Gasteiger partial charge in [0, 0.05) is 13.1 Å². The summed E-state index contributed by atoms with van der Waals surface area (Å²) in [5, 5.41) is 2.99. The van der Waals surface area contributed by atoms with Crippen molar-refractivity contribution in [2.75, 3.05) is 20.1 Å². The fraction of sp³-hybridized carbons (Fsp3) is 0.692. The van der Waals surface area contributed by atoms with Crippen LogP contribution in [0.2, 0.25) is 0 Å². The Bertz CT molecular complexity index is 534. The van der Waals surface area contributed by atoms with Crippen molar-refractivity contribution in [3.8, 4) is 0 Å². The number of nitrogens with one attached hydrogen (secondary N) is 1. The molecule has 1 saturated heterocycles. The molecule has 19 heavy (non-hydrogen) atoms. The lowest BCUT2D eigenvalue weighted by molar-refractivity contribution is 0.184. The van der Waals surface area contributed by atoms with Crippen LogP contribution >= 0.6 is 0 Å². The third-order valence-electron chi connectivity index (χ3n) is 3.45. The van der Waals surface area contributed by atoms with E-state index in [4.69, 9.17) is 4.42 Å². The van der Waals surface area contributed by atoms with Crippen LogP contribution in [0, 0.1) is 5.41 Å². The molecule has 6 heteroatoms. The van der Waals surface area contributed by atoms with Crippen LogP contribution in [0.4, 0.5) is 0 Å². The molecule has 5 nitrogen and oxygen atoms in total. The zero-order valence-corrected chi connectivity index (χ0v) is 12.6. The molecule has 1 N–H and O–H groups in total. The van der Waals surface area contributed by atoms with Crippen LogP contribution in [-0.4, -0.2) is 32.9 Å². The van der Waals surface area contributed by atoms with E-state index in [1.54, 1.807) is 23.5 Å². The van der Waals surface area contributed by atoms with E-state index in [0.29, 0.717) is 25.4 Å². The van der Waals surface area contributed by atoms with Gasteiger partial charge in [0.2, 0.25) is 5.09 Å². The first-order valence-electron chi connectivity index (χ1n) is 6.59. The summed E-state index contributed by atoms with van der Waals surface area (Å²) in [6.07, 6.45) is 1.96. The molecule has 1 fully saturated rings. The normalized spacial score (nSPS) is 20.6. The predicted molar refractivity (Wildman–Crippen MR) is 73.2 cm³/mol. The van der Waals surface area contributed by atoms with Gasteiger partial charge in [0.05, 0.1) is 6.54 Å². The van der Waals surface area contributed by atoms with Gasteiger partial charge in [-0.2, -0.15) is 4.31 Å². The van der Waals surface area contributed by atoms with Crippen LogP contribution in [0.25, 0.3) is 0 Å². The van der Waals surface area contributed by atoms with Crippen LogP contribution in [0.3, 0.4) is 0 Å². The van der Waals surface area contributed by atoms with Crippen molar-refractivity contribution in [3.63, 3.8) is 0 Å². The van der Waals surface area contributed by atoms with Crippen LogP contribution in [0.1, 0.15) is 32.4 Å². The Morgan fingerprint density at radius 3 is 2.79 bits per heavy atom. The summed E-state index contributed by atoms with van der Waals surface area (Å²) in [5.74, 6) is 0.636. The van der Waals surface area contributed by atoms with E-state index in [2.05, 4.69) is 19.2 Å². The average Bonchev–Trinajstić information content (AvgIpc) is 2.77. The summed E-state index contributed by atoms with van der Waals surface area (Å²) in [7, 11) is -1.70. The monoisotopic (exact) mass is 286 g/mol. The second-order valence-electron chi connectivity index (χ2n) is 5.86. The predicted octanol–water partition coefficient (Wildman–Crippen LogP) is 1.81. The molecular formula is C13H22N2O3S. The van der Waals surface area contributed by atoms with Crippen LogP contribution in [0.15, 0.2) is 21.6 Å². The minimum atomic E-state index is -3.49. The van der Waals surface area contributed by atoms with Gasteiger partial charge in [-0.05, 0) is 37.4 Å². The molecule has 0 unspecified atom stereocenters. The Kier molecular flexibility index (Phi) is 4.03. The lowest BCUT2D eigenvalue weighted by atomic mass is 9.85. The van der Waals surface area contributed by atoms with Gasteiger partial charge in [-0.3, -0.25) is 0 Å². The van der Waals surface area contributed by atoms with Gasteiger partial charge in [0.15, 0.2) is 0 Å². The summed E-state index contributed by atoms with van der Waals surface area (Å²) in [4.78, 5) is 0. The molecule has 1 aromatic heterocycles. The van der Waals surface area contributed by atoms with Gasteiger partial charge in [-0.15, -0.1) is 0 Å². The molecule has 0 aliphatic carbocycles. The smallest absolute Gasteiger partial charge is 0.276 e. The van der Waals surface area contributed by atoms with Gasteiger partial charge in [0.25, 0.3) is 10.0 Å². The van der Waals surface area contributed by atoms with Gasteiger partial charge in [0.1, 0.15) is 5.76 Å². The van der Waals surface area contributed by atoms with Crippen molar-refractivity contribution in [1.29, 1.82) is 0 Å². The first kappa shape index (κ1) is 14.6. The van der Waals surface area contributed by atoms with Crippen molar-refractivity contribution in [2.45, 2.75) is 38.3 Å². The second-order valence-corrected chi connectivity index (χ2v) is 7.73. The Hall–Kier alpha value is -0.850. The van der Waals surface area contributed by atoms with E-state index >= 15 is 0 Å². The molecule has 0 saturated carbocycles. The summed E-state index contributed by atoms with van der Waals surface area (Å²) in [6, 6.07) is 3.25. The maximum absolute atomic E-state index is 12.5. The number of hydrogen-bond acceptors (Lipinski definition) is 4. The summed E-state index contributed by atoms with van der Waals surface area (Å²) in [6.45, 7) is 5.86. The van der Waals surface area contributed by atoms with Crippen molar-refractivity contribution in [2.24, 2.45) is 5.41 Å². The number of furan rings is 1. The molecule has 0 aromatic carbocycles. The lowest BCUT2D eigenvalue weighted by Crippen LogP contribution is -2.43. The van der Waals surface area contributed by atoms with Gasteiger partial charge in [-0.1, -0.05) is 13.8 Å².